The number of amides is 1. The highest BCUT2D eigenvalue weighted by molar-refractivity contribution is 5.95. The van der Waals surface area contributed by atoms with E-state index >= 15 is 0 Å². The third-order valence-electron chi connectivity index (χ3n) is 2.53. The van der Waals surface area contributed by atoms with E-state index in [9.17, 15) is 9.59 Å². The molecule has 0 aliphatic heterocycles. The number of hydrogen-bond acceptors (Lipinski definition) is 5. The Hall–Kier alpha value is -3.20. The van der Waals surface area contributed by atoms with Gasteiger partial charge < -0.3 is 10.1 Å². The van der Waals surface area contributed by atoms with Crippen LogP contribution >= 0.6 is 0 Å². The molecule has 0 saturated carbocycles. The van der Waals surface area contributed by atoms with Crippen LogP contribution in [-0.4, -0.2) is 23.5 Å². The maximum atomic E-state index is 11.7. The number of pyridine rings is 1. The average molecular weight is 281 g/mol. The summed E-state index contributed by atoms with van der Waals surface area (Å²) in [7, 11) is 0. The molecule has 0 atom stereocenters. The Bertz CT molecular complexity index is 693. The van der Waals surface area contributed by atoms with Crippen molar-refractivity contribution in [2.24, 2.45) is 0 Å². The molecule has 21 heavy (non-hydrogen) atoms. The summed E-state index contributed by atoms with van der Waals surface area (Å²) < 4.78 is 4.87. The summed E-state index contributed by atoms with van der Waals surface area (Å²) >= 11 is 0. The summed E-state index contributed by atoms with van der Waals surface area (Å²) in [6, 6.07) is 11.4. The number of benzene rings is 1. The van der Waals surface area contributed by atoms with E-state index in [2.05, 4.69) is 10.3 Å². The van der Waals surface area contributed by atoms with Crippen LogP contribution in [0.3, 0.4) is 0 Å². The Morgan fingerprint density at radius 3 is 2.71 bits per heavy atom. The molecule has 6 heteroatoms. The lowest BCUT2D eigenvalue weighted by atomic mass is 10.2. The van der Waals surface area contributed by atoms with E-state index < -0.39 is 18.5 Å². The van der Waals surface area contributed by atoms with Crippen molar-refractivity contribution >= 4 is 17.6 Å². The number of anilines is 1. The van der Waals surface area contributed by atoms with Gasteiger partial charge in [0.05, 0.1) is 17.2 Å². The quantitative estimate of drug-likeness (QED) is 0.862. The van der Waals surface area contributed by atoms with Crippen LogP contribution < -0.4 is 5.32 Å². The lowest BCUT2D eigenvalue weighted by Crippen LogP contribution is -2.20. The van der Waals surface area contributed by atoms with Gasteiger partial charge in [-0.2, -0.15) is 5.26 Å². The molecule has 1 aromatic carbocycles. The first-order valence-electron chi connectivity index (χ1n) is 6.06. The molecule has 1 N–H and O–H groups in total. The fourth-order valence-electron chi connectivity index (χ4n) is 1.57. The zero-order valence-corrected chi connectivity index (χ0v) is 10.9. The molecule has 2 aromatic rings. The van der Waals surface area contributed by atoms with Gasteiger partial charge in [0.25, 0.3) is 5.91 Å². The fourth-order valence-corrected chi connectivity index (χ4v) is 1.57. The molecule has 0 aliphatic rings. The molecule has 104 valence electrons. The van der Waals surface area contributed by atoms with E-state index in [1.807, 2.05) is 6.07 Å². The van der Waals surface area contributed by atoms with Gasteiger partial charge in [-0.1, -0.05) is 6.07 Å². The van der Waals surface area contributed by atoms with Crippen molar-refractivity contribution < 1.29 is 14.3 Å². The number of nitrogens with zero attached hydrogens (tertiary/aromatic N) is 2. The number of carbonyl (C=O) groups is 2. The number of carbonyl (C=O) groups excluding carboxylic acids is 2. The van der Waals surface area contributed by atoms with Gasteiger partial charge in [-0.05, 0) is 30.3 Å². The lowest BCUT2D eigenvalue weighted by Gasteiger charge is -2.06. The first-order chi connectivity index (χ1) is 10.2. The molecule has 0 fully saturated rings. The minimum Gasteiger partial charge on any atom is -0.452 e. The molecule has 1 aromatic heterocycles. The van der Waals surface area contributed by atoms with Gasteiger partial charge in [-0.15, -0.1) is 0 Å². The molecule has 0 bridgehead atoms. The second-order valence-electron chi connectivity index (χ2n) is 4.05. The molecule has 0 unspecified atom stereocenters. The standard InChI is InChI=1S/C15H11N3O3/c16-9-11-2-1-3-13(8-11)18-14(19)10-21-15(20)12-4-6-17-7-5-12/h1-8H,10H2,(H,18,19). The van der Waals surface area contributed by atoms with Gasteiger partial charge in [-0.25, -0.2) is 4.79 Å². The highest BCUT2D eigenvalue weighted by atomic mass is 16.5. The number of aromatic nitrogens is 1. The van der Waals surface area contributed by atoms with Crippen LogP contribution in [0.15, 0.2) is 48.8 Å². The number of rotatable bonds is 4. The smallest absolute Gasteiger partial charge is 0.338 e. The Balaban J connectivity index is 1.88. The Kier molecular flexibility index (Phi) is 4.62. The van der Waals surface area contributed by atoms with E-state index in [0.717, 1.165) is 0 Å². The highest BCUT2D eigenvalue weighted by Crippen LogP contribution is 2.09. The van der Waals surface area contributed by atoms with Crippen molar-refractivity contribution in [1.82, 2.24) is 4.98 Å². The van der Waals surface area contributed by atoms with Crippen molar-refractivity contribution in [3.63, 3.8) is 0 Å². The Labute approximate surface area is 121 Å². The van der Waals surface area contributed by atoms with Crippen molar-refractivity contribution in [1.29, 1.82) is 5.26 Å². The van der Waals surface area contributed by atoms with Gasteiger partial charge in [0.1, 0.15) is 0 Å². The van der Waals surface area contributed by atoms with Gasteiger partial charge in [0.15, 0.2) is 6.61 Å². The summed E-state index contributed by atoms with van der Waals surface area (Å²) in [6.45, 7) is -0.405. The summed E-state index contributed by atoms with van der Waals surface area (Å²) in [6.07, 6.45) is 2.92. The highest BCUT2D eigenvalue weighted by Gasteiger charge is 2.10. The Morgan fingerprint density at radius 2 is 2.00 bits per heavy atom. The first kappa shape index (κ1) is 14.2. The van der Waals surface area contributed by atoms with E-state index in [1.165, 1.54) is 30.6 Å². The second kappa shape index (κ2) is 6.82. The number of nitrogens with one attached hydrogen (secondary N) is 1. The SMILES string of the molecule is N#Cc1cccc(NC(=O)COC(=O)c2ccncc2)c1. The van der Waals surface area contributed by atoms with Crippen LogP contribution in [0.2, 0.25) is 0 Å². The van der Waals surface area contributed by atoms with Crippen molar-refractivity contribution in [3.8, 4) is 6.07 Å². The lowest BCUT2D eigenvalue weighted by molar-refractivity contribution is -0.119. The van der Waals surface area contributed by atoms with Gasteiger partial charge in [0.2, 0.25) is 0 Å². The summed E-state index contributed by atoms with van der Waals surface area (Å²) in [4.78, 5) is 27.1. The molecule has 2 rings (SSSR count). The minimum absolute atomic E-state index is 0.323. The summed E-state index contributed by atoms with van der Waals surface area (Å²) in [5.74, 6) is -1.08. The predicted molar refractivity (Wildman–Crippen MR) is 74.3 cm³/mol. The number of ether oxygens (including phenoxy) is 1. The predicted octanol–water partition coefficient (Wildman–Crippen LogP) is 1.75. The third kappa shape index (κ3) is 4.14. The van der Waals surface area contributed by atoms with Crippen LogP contribution in [0.5, 0.6) is 0 Å². The van der Waals surface area contributed by atoms with Crippen molar-refractivity contribution in [2.45, 2.75) is 0 Å². The third-order valence-corrected chi connectivity index (χ3v) is 2.53. The summed E-state index contributed by atoms with van der Waals surface area (Å²) in [5, 5.41) is 11.3. The second-order valence-corrected chi connectivity index (χ2v) is 4.05. The number of esters is 1. The number of hydrogen-bond donors (Lipinski definition) is 1. The molecule has 6 nitrogen and oxygen atoms in total. The van der Waals surface area contributed by atoms with Crippen LogP contribution in [0.25, 0.3) is 0 Å². The first-order valence-corrected chi connectivity index (χ1v) is 6.06. The van der Waals surface area contributed by atoms with E-state index in [1.54, 1.807) is 18.2 Å². The van der Waals surface area contributed by atoms with Gasteiger partial charge in [-0.3, -0.25) is 9.78 Å². The van der Waals surface area contributed by atoms with E-state index in [4.69, 9.17) is 10.00 Å². The van der Waals surface area contributed by atoms with E-state index in [-0.39, 0.29) is 0 Å². The normalized spacial score (nSPS) is 9.48. The van der Waals surface area contributed by atoms with Crippen LogP contribution in [-0.2, 0) is 9.53 Å². The van der Waals surface area contributed by atoms with Crippen LogP contribution in [0.4, 0.5) is 5.69 Å². The van der Waals surface area contributed by atoms with Crippen LogP contribution in [0, 0.1) is 11.3 Å². The molecule has 0 spiro atoms. The monoisotopic (exact) mass is 281 g/mol. The summed E-state index contributed by atoms with van der Waals surface area (Å²) in [5.41, 5.74) is 1.23. The topological polar surface area (TPSA) is 92.1 Å². The zero-order valence-electron chi connectivity index (χ0n) is 10.9. The largest absolute Gasteiger partial charge is 0.452 e. The maximum absolute atomic E-state index is 11.7. The molecular formula is C15H11N3O3. The molecule has 0 radical (unpaired) electrons. The molecule has 0 saturated heterocycles. The van der Waals surface area contributed by atoms with Crippen molar-refractivity contribution in [2.75, 3.05) is 11.9 Å². The molecular weight excluding hydrogens is 270 g/mol. The van der Waals surface area contributed by atoms with E-state index in [0.29, 0.717) is 16.8 Å². The minimum atomic E-state index is -0.599. The maximum Gasteiger partial charge on any atom is 0.338 e. The number of nitriles is 1. The average Bonchev–Trinajstić information content (AvgIpc) is 2.53. The fraction of sp³-hybridized carbons (Fsp3) is 0.0667. The Morgan fingerprint density at radius 1 is 1.24 bits per heavy atom. The van der Waals surface area contributed by atoms with Gasteiger partial charge in [0, 0.05) is 18.1 Å². The molecule has 1 heterocycles. The van der Waals surface area contributed by atoms with Crippen LogP contribution in [0.1, 0.15) is 15.9 Å². The molecule has 1 amide bonds. The van der Waals surface area contributed by atoms with Crippen molar-refractivity contribution in [3.05, 3.63) is 59.9 Å². The zero-order chi connectivity index (χ0) is 15.1. The van der Waals surface area contributed by atoms with Gasteiger partial charge >= 0.3 is 5.97 Å². The molecule has 0 aliphatic carbocycles.